The topological polar surface area (TPSA) is 98.0 Å². The highest BCUT2D eigenvalue weighted by Gasteiger charge is 2.69. The average molecular weight is 409 g/mol. The summed E-state index contributed by atoms with van der Waals surface area (Å²) in [4.78, 5) is 14.1. The van der Waals surface area contributed by atoms with Gasteiger partial charge in [0, 0.05) is 29.1 Å². The van der Waals surface area contributed by atoms with Gasteiger partial charge in [-0.05, 0) is 42.2 Å². The van der Waals surface area contributed by atoms with Gasteiger partial charge in [0.15, 0.2) is 0 Å². The Bertz CT molecular complexity index is 742. The second kappa shape index (κ2) is 6.62. The molecular formula is C24H40O5. The molecule has 9 atom stereocenters. The van der Waals surface area contributed by atoms with Crippen LogP contribution in [0.2, 0.25) is 0 Å². The molecule has 0 aromatic carbocycles. The van der Waals surface area contributed by atoms with Crippen LogP contribution in [0, 0.1) is 40.4 Å². The fraction of sp³-hybridized carbons (Fsp3) is 0.875. The zero-order chi connectivity index (χ0) is 22.3. The fourth-order valence-corrected chi connectivity index (χ4v) is 7.83. The minimum atomic E-state index is -1.47. The summed E-state index contributed by atoms with van der Waals surface area (Å²) in [5.41, 5.74) is -2.81. The quantitative estimate of drug-likeness (QED) is 0.500. The first-order chi connectivity index (χ1) is 13.1. The first kappa shape index (κ1) is 22.9. The molecule has 3 rings (SSSR count). The summed E-state index contributed by atoms with van der Waals surface area (Å²) in [6.07, 6.45) is -0.0304. The van der Waals surface area contributed by atoms with E-state index in [4.69, 9.17) is 0 Å². The fourth-order valence-electron chi connectivity index (χ4n) is 7.83. The van der Waals surface area contributed by atoms with Gasteiger partial charge in [0.2, 0.25) is 0 Å². The van der Waals surface area contributed by atoms with E-state index in [1.807, 2.05) is 48.5 Å². The number of hydrogen-bond donors (Lipinski definition) is 4. The van der Waals surface area contributed by atoms with Crippen molar-refractivity contribution in [2.45, 2.75) is 85.5 Å². The van der Waals surface area contributed by atoms with Gasteiger partial charge >= 0.3 is 0 Å². The molecule has 3 aliphatic rings. The molecule has 0 amide bonds. The predicted octanol–water partition coefficient (Wildman–Crippen LogP) is 2.70. The molecule has 166 valence electrons. The van der Waals surface area contributed by atoms with E-state index in [0.29, 0.717) is 6.42 Å². The Labute approximate surface area is 175 Å². The molecule has 5 heteroatoms. The van der Waals surface area contributed by atoms with Crippen molar-refractivity contribution in [1.82, 2.24) is 0 Å². The monoisotopic (exact) mass is 408 g/mol. The zero-order valence-electron chi connectivity index (χ0n) is 19.3. The highest BCUT2D eigenvalue weighted by Crippen LogP contribution is 2.65. The van der Waals surface area contributed by atoms with E-state index >= 15 is 0 Å². The first-order valence-electron chi connectivity index (χ1n) is 11.1. The van der Waals surface area contributed by atoms with Gasteiger partial charge in [-0.25, -0.2) is 0 Å². The van der Waals surface area contributed by atoms with E-state index < -0.39 is 52.5 Å². The SMILES string of the molecule is CC1=C2[C@@H](C)C(=O)[C@@]3(C)C(C(C)C(O)(CC1O)C2(C)C)C(O)(CO)[C@H](C)C[C@@H]3C. The molecular weight excluding hydrogens is 368 g/mol. The highest BCUT2D eigenvalue weighted by molar-refractivity contribution is 5.90. The van der Waals surface area contributed by atoms with Gasteiger partial charge in [-0.2, -0.15) is 0 Å². The average Bonchev–Trinajstić information content (AvgIpc) is 2.63. The molecule has 0 radical (unpaired) electrons. The third-order valence-electron chi connectivity index (χ3n) is 9.82. The molecule has 0 aromatic heterocycles. The maximum atomic E-state index is 14.1. The summed E-state index contributed by atoms with van der Waals surface area (Å²) < 4.78 is 0. The van der Waals surface area contributed by atoms with E-state index in [-0.39, 0.29) is 24.0 Å². The number of ketones is 1. The molecule has 2 saturated carbocycles. The Balaban J connectivity index is 2.39. The number of fused-ring (bicyclic) bond motifs is 3. The Hall–Kier alpha value is -0.750. The van der Waals surface area contributed by atoms with Crippen LogP contribution in [0.5, 0.6) is 0 Å². The van der Waals surface area contributed by atoms with Crippen molar-refractivity contribution in [3.05, 3.63) is 11.1 Å². The van der Waals surface area contributed by atoms with Crippen LogP contribution in [0.25, 0.3) is 0 Å². The molecule has 4 N–H and O–H groups in total. The molecule has 2 fully saturated rings. The Morgan fingerprint density at radius 3 is 2.10 bits per heavy atom. The van der Waals surface area contributed by atoms with Crippen molar-refractivity contribution in [3.63, 3.8) is 0 Å². The lowest BCUT2D eigenvalue weighted by Crippen LogP contribution is -2.71. The number of hydrogen-bond acceptors (Lipinski definition) is 5. The zero-order valence-corrected chi connectivity index (χ0v) is 19.3. The minimum Gasteiger partial charge on any atom is -0.393 e. The lowest BCUT2D eigenvalue weighted by Gasteiger charge is -2.65. The van der Waals surface area contributed by atoms with Crippen LogP contribution in [0.15, 0.2) is 11.1 Å². The van der Waals surface area contributed by atoms with Crippen LogP contribution in [0.1, 0.15) is 68.2 Å². The van der Waals surface area contributed by atoms with E-state index in [9.17, 15) is 25.2 Å². The second-order valence-electron chi connectivity index (χ2n) is 11.2. The molecule has 0 saturated heterocycles. The maximum Gasteiger partial charge on any atom is 0.146 e. The van der Waals surface area contributed by atoms with Crippen LogP contribution >= 0.6 is 0 Å². The van der Waals surface area contributed by atoms with E-state index in [1.165, 1.54) is 0 Å². The smallest absolute Gasteiger partial charge is 0.146 e. The number of rotatable bonds is 1. The minimum absolute atomic E-state index is 0.00286. The van der Waals surface area contributed by atoms with Gasteiger partial charge < -0.3 is 20.4 Å². The third kappa shape index (κ3) is 2.57. The number of carbonyl (C=O) groups is 1. The number of carbonyl (C=O) groups excluding carboxylic acids is 1. The van der Waals surface area contributed by atoms with Gasteiger partial charge in [0.25, 0.3) is 0 Å². The van der Waals surface area contributed by atoms with Crippen molar-refractivity contribution in [2.75, 3.05) is 6.61 Å². The lowest BCUT2D eigenvalue weighted by atomic mass is 9.40. The van der Waals surface area contributed by atoms with E-state index in [2.05, 4.69) is 6.92 Å². The Morgan fingerprint density at radius 2 is 1.59 bits per heavy atom. The van der Waals surface area contributed by atoms with Crippen molar-refractivity contribution >= 4 is 5.78 Å². The van der Waals surface area contributed by atoms with Crippen LogP contribution in [0.3, 0.4) is 0 Å². The third-order valence-corrected chi connectivity index (χ3v) is 9.82. The van der Waals surface area contributed by atoms with Gasteiger partial charge in [0.1, 0.15) is 5.78 Å². The summed E-state index contributed by atoms with van der Waals surface area (Å²) >= 11 is 0. The highest BCUT2D eigenvalue weighted by atomic mass is 16.3. The first-order valence-corrected chi connectivity index (χ1v) is 11.1. The van der Waals surface area contributed by atoms with Crippen molar-refractivity contribution in [1.29, 1.82) is 0 Å². The summed E-state index contributed by atoms with van der Waals surface area (Å²) in [5.74, 6) is -1.76. The van der Waals surface area contributed by atoms with Crippen LogP contribution in [-0.4, -0.2) is 50.1 Å². The van der Waals surface area contributed by atoms with E-state index in [1.54, 1.807) is 0 Å². The Kier molecular flexibility index (Phi) is 5.23. The molecule has 0 spiro atoms. The van der Waals surface area contributed by atoms with Crippen LogP contribution < -0.4 is 0 Å². The molecule has 29 heavy (non-hydrogen) atoms. The van der Waals surface area contributed by atoms with Crippen molar-refractivity contribution < 1.29 is 25.2 Å². The normalized spacial score (nSPS) is 52.6. The summed E-state index contributed by atoms with van der Waals surface area (Å²) in [5, 5.41) is 45.0. The van der Waals surface area contributed by atoms with Gasteiger partial charge in [0.05, 0.1) is 23.9 Å². The number of Topliss-reactive ketones (excluding diaryl/α,β-unsaturated/α-hetero) is 1. The van der Waals surface area contributed by atoms with Gasteiger partial charge in [-0.1, -0.05) is 48.5 Å². The van der Waals surface area contributed by atoms with Crippen LogP contribution in [0.4, 0.5) is 0 Å². The summed E-state index contributed by atoms with van der Waals surface area (Å²) in [7, 11) is 0. The van der Waals surface area contributed by atoms with Gasteiger partial charge in [-0.3, -0.25) is 4.79 Å². The van der Waals surface area contributed by atoms with Crippen molar-refractivity contribution in [3.8, 4) is 0 Å². The van der Waals surface area contributed by atoms with E-state index in [0.717, 1.165) is 11.1 Å². The number of aliphatic hydroxyl groups is 4. The Morgan fingerprint density at radius 1 is 1.03 bits per heavy atom. The predicted molar refractivity (Wildman–Crippen MR) is 112 cm³/mol. The second-order valence-corrected chi connectivity index (χ2v) is 11.2. The molecule has 0 aromatic rings. The standard InChI is InChI=1S/C24H40O5/c1-12-9-13(2)23(28,11-25)19-16(5)24(29)10-17(26)14(3)18(21(24,6)7)15(4)20(27)22(12,19)8/h12-13,15-17,19,25-26,28-29H,9-11H2,1-8H3/t12-,13+,15+,16?,17?,19?,22+,23?,24?/m0/s1. The molecule has 0 heterocycles. The van der Waals surface area contributed by atoms with Gasteiger partial charge in [-0.15, -0.1) is 0 Å². The largest absolute Gasteiger partial charge is 0.393 e. The molecule has 0 aliphatic heterocycles. The molecule has 5 nitrogen and oxygen atoms in total. The summed E-state index contributed by atoms with van der Waals surface area (Å²) in [6, 6.07) is 0. The van der Waals surface area contributed by atoms with Crippen LogP contribution in [-0.2, 0) is 4.79 Å². The number of aliphatic hydroxyl groups excluding tert-OH is 2. The molecule has 5 unspecified atom stereocenters. The maximum absolute atomic E-state index is 14.1. The molecule has 2 bridgehead atoms. The lowest BCUT2D eigenvalue weighted by molar-refractivity contribution is -0.244. The summed E-state index contributed by atoms with van der Waals surface area (Å²) in [6.45, 7) is 15.0. The van der Waals surface area contributed by atoms with Crippen molar-refractivity contribution in [2.24, 2.45) is 40.4 Å². The molecule has 3 aliphatic carbocycles.